The average Bonchev–Trinajstić information content (AvgIpc) is 2.83. The molecule has 3 aromatic carbocycles. The van der Waals surface area contributed by atoms with Crippen molar-refractivity contribution in [2.45, 2.75) is 26.1 Å². The molecule has 0 fully saturated rings. The zero-order valence-electron chi connectivity index (χ0n) is 20.2. The molecule has 2 amide bonds. The van der Waals surface area contributed by atoms with E-state index in [2.05, 4.69) is 15.5 Å². The maximum Gasteiger partial charge on any atom is 0.416 e. The molecular weight excluding hydrogens is 507 g/mol. The summed E-state index contributed by atoms with van der Waals surface area (Å²) in [5.41, 5.74) is 3.76. The minimum atomic E-state index is -4.41. The van der Waals surface area contributed by atoms with Gasteiger partial charge in [-0.1, -0.05) is 36.4 Å². The van der Waals surface area contributed by atoms with E-state index in [1.165, 1.54) is 24.6 Å². The summed E-state index contributed by atoms with van der Waals surface area (Å²) in [5, 5.41) is 5.74. The molecule has 6 nitrogen and oxygen atoms in total. The minimum absolute atomic E-state index is 0. The molecule has 0 aliphatic carbocycles. The summed E-state index contributed by atoms with van der Waals surface area (Å²) in [6, 6.07) is 17.5. The van der Waals surface area contributed by atoms with E-state index in [1.54, 1.807) is 24.3 Å². The SMILES string of the molecule is CC(=O)NCCN1CCc2cc(NC(=O)c3ccccc3-c3ccc(C(F)(F)F)cc3)ccc2C1.Cl.O. The molecule has 3 aromatic rings. The number of rotatable bonds is 6. The lowest BCUT2D eigenvalue weighted by Gasteiger charge is -2.29. The molecule has 0 aromatic heterocycles. The number of alkyl halides is 3. The first-order chi connectivity index (χ1) is 16.7. The Hall–Kier alpha value is -3.40. The zero-order valence-corrected chi connectivity index (χ0v) is 21.0. The van der Waals surface area contributed by atoms with Crippen LogP contribution in [0.1, 0.15) is 34.0 Å². The Labute approximate surface area is 219 Å². The first-order valence-corrected chi connectivity index (χ1v) is 11.4. The highest BCUT2D eigenvalue weighted by atomic mass is 35.5. The Morgan fingerprint density at radius 3 is 2.35 bits per heavy atom. The Balaban J connectivity index is 0.00000241. The molecule has 0 radical (unpaired) electrons. The number of nitrogens with zero attached hydrogens (tertiary/aromatic N) is 1. The lowest BCUT2D eigenvalue weighted by Crippen LogP contribution is -2.37. The van der Waals surface area contributed by atoms with Crippen molar-refractivity contribution in [3.8, 4) is 11.1 Å². The van der Waals surface area contributed by atoms with E-state index >= 15 is 0 Å². The van der Waals surface area contributed by atoms with Gasteiger partial charge in [-0.05, 0) is 59.0 Å². The van der Waals surface area contributed by atoms with Crippen molar-refractivity contribution in [2.75, 3.05) is 25.0 Å². The van der Waals surface area contributed by atoms with Crippen molar-refractivity contribution < 1.29 is 28.2 Å². The first-order valence-electron chi connectivity index (χ1n) is 11.4. The van der Waals surface area contributed by atoms with Crippen molar-refractivity contribution in [1.29, 1.82) is 0 Å². The third-order valence-corrected chi connectivity index (χ3v) is 6.05. The second-order valence-electron chi connectivity index (χ2n) is 8.57. The van der Waals surface area contributed by atoms with Gasteiger partial charge in [-0.3, -0.25) is 14.5 Å². The fraction of sp³-hybridized carbons (Fsp3) is 0.259. The molecule has 37 heavy (non-hydrogen) atoms. The molecule has 1 aliphatic rings. The standard InChI is InChI=1S/C27H26F3N3O2.ClH.H2O/c1-18(34)31-13-15-33-14-12-20-16-23(11-8-21(20)17-33)32-26(35)25-5-3-2-4-24(25)19-6-9-22(10-7-19)27(28,29)30;;/h2-11,16H,12-15,17H2,1H3,(H,31,34)(H,32,35);1H;1H2. The molecule has 0 unspecified atom stereocenters. The highest BCUT2D eigenvalue weighted by Gasteiger charge is 2.30. The summed E-state index contributed by atoms with van der Waals surface area (Å²) < 4.78 is 38.7. The summed E-state index contributed by atoms with van der Waals surface area (Å²) in [4.78, 5) is 26.4. The quantitative estimate of drug-likeness (QED) is 0.478. The molecule has 0 atom stereocenters. The summed E-state index contributed by atoms with van der Waals surface area (Å²) in [6.07, 6.45) is -3.58. The number of hydrogen-bond acceptors (Lipinski definition) is 3. The third-order valence-electron chi connectivity index (χ3n) is 6.05. The van der Waals surface area contributed by atoms with Crippen LogP contribution in [0.25, 0.3) is 11.1 Å². The molecule has 4 N–H and O–H groups in total. The number of halogens is 4. The van der Waals surface area contributed by atoms with Crippen LogP contribution in [-0.4, -0.2) is 41.8 Å². The number of amides is 2. The van der Waals surface area contributed by atoms with Gasteiger partial charge in [-0.25, -0.2) is 0 Å². The topological polar surface area (TPSA) is 92.9 Å². The van der Waals surface area contributed by atoms with Gasteiger partial charge < -0.3 is 16.1 Å². The van der Waals surface area contributed by atoms with Gasteiger partial charge in [-0.2, -0.15) is 13.2 Å². The largest absolute Gasteiger partial charge is 0.416 e. The monoisotopic (exact) mass is 535 g/mol. The first kappa shape index (κ1) is 29.8. The van der Waals surface area contributed by atoms with E-state index < -0.39 is 11.7 Å². The average molecular weight is 536 g/mol. The number of carbonyl (C=O) groups is 2. The number of fused-ring (bicyclic) bond motifs is 1. The van der Waals surface area contributed by atoms with Gasteiger partial charge in [0.2, 0.25) is 5.91 Å². The van der Waals surface area contributed by atoms with Gasteiger partial charge in [0.05, 0.1) is 5.56 Å². The van der Waals surface area contributed by atoms with E-state index in [-0.39, 0.29) is 29.7 Å². The van der Waals surface area contributed by atoms with Gasteiger partial charge in [0.1, 0.15) is 0 Å². The van der Waals surface area contributed by atoms with Crippen molar-refractivity contribution >= 4 is 29.9 Å². The molecule has 0 saturated heterocycles. The van der Waals surface area contributed by atoms with Gasteiger partial charge in [0, 0.05) is 44.4 Å². The van der Waals surface area contributed by atoms with E-state index in [1.807, 2.05) is 18.2 Å². The lowest BCUT2D eigenvalue weighted by atomic mass is 9.97. The maximum absolute atomic E-state index is 13.1. The van der Waals surface area contributed by atoms with E-state index in [4.69, 9.17) is 0 Å². The minimum Gasteiger partial charge on any atom is -0.412 e. The number of anilines is 1. The van der Waals surface area contributed by atoms with Crippen LogP contribution in [0.5, 0.6) is 0 Å². The molecule has 0 bridgehead atoms. The molecule has 1 aliphatic heterocycles. The highest BCUT2D eigenvalue weighted by molar-refractivity contribution is 6.08. The zero-order chi connectivity index (χ0) is 25.0. The van der Waals surface area contributed by atoms with Crippen molar-refractivity contribution in [3.05, 3.63) is 89.0 Å². The maximum atomic E-state index is 13.1. The van der Waals surface area contributed by atoms with Crippen LogP contribution < -0.4 is 10.6 Å². The number of carbonyl (C=O) groups excluding carboxylic acids is 2. The van der Waals surface area contributed by atoms with Crippen molar-refractivity contribution in [3.63, 3.8) is 0 Å². The highest BCUT2D eigenvalue weighted by Crippen LogP contribution is 2.32. The molecule has 0 saturated carbocycles. The fourth-order valence-electron chi connectivity index (χ4n) is 4.24. The number of nitrogens with one attached hydrogen (secondary N) is 2. The van der Waals surface area contributed by atoms with Crippen LogP contribution in [0, 0.1) is 0 Å². The lowest BCUT2D eigenvalue weighted by molar-refractivity contribution is -0.137. The third kappa shape index (κ3) is 7.55. The van der Waals surface area contributed by atoms with Crippen LogP contribution in [0.2, 0.25) is 0 Å². The predicted molar refractivity (Wildman–Crippen MR) is 140 cm³/mol. The molecule has 0 spiro atoms. The molecular formula is C27H29ClF3N3O3. The summed E-state index contributed by atoms with van der Waals surface area (Å²) in [6.45, 7) is 4.53. The van der Waals surface area contributed by atoms with Crippen LogP contribution in [0.3, 0.4) is 0 Å². The fourth-order valence-corrected chi connectivity index (χ4v) is 4.24. The Morgan fingerprint density at radius 1 is 0.973 bits per heavy atom. The van der Waals surface area contributed by atoms with Gasteiger partial charge in [0.25, 0.3) is 5.91 Å². The number of benzene rings is 3. The molecule has 1 heterocycles. The van der Waals surface area contributed by atoms with E-state index in [0.717, 1.165) is 43.8 Å². The van der Waals surface area contributed by atoms with Crippen LogP contribution in [-0.2, 0) is 23.9 Å². The smallest absolute Gasteiger partial charge is 0.412 e. The van der Waals surface area contributed by atoms with Crippen LogP contribution >= 0.6 is 12.4 Å². The number of hydrogen-bond donors (Lipinski definition) is 2. The normalized spacial score (nSPS) is 13.0. The van der Waals surface area contributed by atoms with E-state index in [9.17, 15) is 22.8 Å². The van der Waals surface area contributed by atoms with Gasteiger partial charge >= 0.3 is 6.18 Å². The molecule has 198 valence electrons. The summed E-state index contributed by atoms with van der Waals surface area (Å²) in [5.74, 6) is -0.365. The van der Waals surface area contributed by atoms with Gasteiger partial charge in [0.15, 0.2) is 0 Å². The Bertz CT molecular complexity index is 1230. The second kappa shape index (κ2) is 12.7. The summed E-state index contributed by atoms with van der Waals surface area (Å²) >= 11 is 0. The second-order valence-corrected chi connectivity index (χ2v) is 8.57. The van der Waals surface area contributed by atoms with Crippen molar-refractivity contribution in [2.24, 2.45) is 0 Å². The Morgan fingerprint density at radius 2 is 1.68 bits per heavy atom. The Kier molecular flexibility index (Phi) is 10.2. The molecule has 10 heteroatoms. The van der Waals surface area contributed by atoms with Crippen LogP contribution in [0.15, 0.2) is 66.7 Å². The van der Waals surface area contributed by atoms with Crippen LogP contribution in [0.4, 0.5) is 18.9 Å². The predicted octanol–water partition coefficient (Wildman–Crippen LogP) is 4.72. The molecule has 4 rings (SSSR count). The van der Waals surface area contributed by atoms with Gasteiger partial charge in [-0.15, -0.1) is 12.4 Å². The summed E-state index contributed by atoms with van der Waals surface area (Å²) in [7, 11) is 0. The van der Waals surface area contributed by atoms with Crippen molar-refractivity contribution in [1.82, 2.24) is 10.2 Å². The van der Waals surface area contributed by atoms with E-state index in [0.29, 0.717) is 28.9 Å².